The van der Waals surface area contributed by atoms with E-state index in [0.29, 0.717) is 13.0 Å². The van der Waals surface area contributed by atoms with Crippen LogP contribution < -0.4 is 5.32 Å². The molecule has 0 unspecified atom stereocenters. The Morgan fingerprint density at radius 1 is 1.50 bits per heavy atom. The highest BCUT2D eigenvalue weighted by atomic mass is 32.1. The van der Waals surface area contributed by atoms with E-state index in [2.05, 4.69) is 22.3 Å². The summed E-state index contributed by atoms with van der Waals surface area (Å²) in [6.45, 7) is 3.45. The van der Waals surface area contributed by atoms with Gasteiger partial charge in [-0.25, -0.2) is 4.98 Å². The lowest BCUT2D eigenvalue weighted by Crippen LogP contribution is -2.23. The van der Waals surface area contributed by atoms with E-state index in [4.69, 9.17) is 0 Å². The van der Waals surface area contributed by atoms with E-state index >= 15 is 0 Å². The largest absolute Gasteiger partial charge is 0.350 e. The number of hydrogen-bond acceptors (Lipinski definition) is 4. The summed E-state index contributed by atoms with van der Waals surface area (Å²) < 4.78 is 1.84. The van der Waals surface area contributed by atoms with Crippen molar-refractivity contribution in [2.45, 2.75) is 45.7 Å². The lowest BCUT2D eigenvalue weighted by Gasteiger charge is -2.03. The number of rotatable bonds is 8. The van der Waals surface area contributed by atoms with E-state index in [1.165, 1.54) is 0 Å². The van der Waals surface area contributed by atoms with Crippen LogP contribution in [0.4, 0.5) is 0 Å². The van der Waals surface area contributed by atoms with Crippen LogP contribution in [0.1, 0.15) is 36.9 Å². The van der Waals surface area contributed by atoms with E-state index in [-0.39, 0.29) is 5.91 Å². The Hall–Kier alpha value is -1.69. The molecule has 0 radical (unpaired) electrons. The normalized spacial score (nSPS) is 10.7. The van der Waals surface area contributed by atoms with Gasteiger partial charge in [0.25, 0.3) is 0 Å². The van der Waals surface area contributed by atoms with Crippen molar-refractivity contribution in [1.29, 1.82) is 0 Å². The maximum absolute atomic E-state index is 11.7. The van der Waals surface area contributed by atoms with Crippen LogP contribution in [0.25, 0.3) is 0 Å². The summed E-state index contributed by atoms with van der Waals surface area (Å²) in [5, 5.41) is 10.2. The summed E-state index contributed by atoms with van der Waals surface area (Å²) in [4.78, 5) is 16.2. The minimum atomic E-state index is 0.0715. The van der Waals surface area contributed by atoms with Crippen LogP contribution in [0, 0.1) is 0 Å². The standard InChI is InChI=1S/C14H20N4OS/c1-2-5-14-17-12(11-20-14)10-15-13(19)6-3-8-18-9-4-7-16-18/h4,7,9,11H,2-3,5-6,8,10H2,1H3,(H,15,19). The Bertz CT molecular complexity index is 521. The second-order valence-corrected chi connectivity index (χ2v) is 5.57. The molecule has 2 aromatic rings. The fourth-order valence-corrected chi connectivity index (χ4v) is 2.77. The molecule has 2 aromatic heterocycles. The van der Waals surface area contributed by atoms with Crippen molar-refractivity contribution in [2.75, 3.05) is 0 Å². The van der Waals surface area contributed by atoms with E-state index in [1.54, 1.807) is 17.5 Å². The second-order valence-electron chi connectivity index (χ2n) is 4.63. The minimum absolute atomic E-state index is 0.0715. The van der Waals surface area contributed by atoms with Gasteiger partial charge in [0.05, 0.1) is 17.2 Å². The first kappa shape index (κ1) is 14.7. The van der Waals surface area contributed by atoms with Crippen molar-refractivity contribution in [2.24, 2.45) is 0 Å². The molecule has 1 N–H and O–H groups in total. The average Bonchev–Trinajstić information content (AvgIpc) is 3.08. The summed E-state index contributed by atoms with van der Waals surface area (Å²) in [7, 11) is 0. The Balaban J connectivity index is 1.64. The van der Waals surface area contributed by atoms with Crippen LogP contribution in [-0.2, 0) is 24.3 Å². The average molecular weight is 292 g/mol. The number of aromatic nitrogens is 3. The van der Waals surface area contributed by atoms with E-state index in [9.17, 15) is 4.79 Å². The molecular weight excluding hydrogens is 272 g/mol. The lowest BCUT2D eigenvalue weighted by molar-refractivity contribution is -0.121. The van der Waals surface area contributed by atoms with Crippen molar-refractivity contribution < 1.29 is 4.79 Å². The molecular formula is C14H20N4OS. The Morgan fingerprint density at radius 2 is 2.40 bits per heavy atom. The first-order valence-corrected chi connectivity index (χ1v) is 7.83. The first-order valence-electron chi connectivity index (χ1n) is 6.95. The molecule has 0 saturated carbocycles. The molecule has 0 aromatic carbocycles. The molecule has 0 bridgehead atoms. The van der Waals surface area contributed by atoms with Gasteiger partial charge in [-0.1, -0.05) is 6.92 Å². The molecule has 1 amide bonds. The van der Waals surface area contributed by atoms with Crippen molar-refractivity contribution in [3.8, 4) is 0 Å². The highest BCUT2D eigenvalue weighted by molar-refractivity contribution is 7.09. The molecule has 5 nitrogen and oxygen atoms in total. The number of amides is 1. The summed E-state index contributed by atoms with van der Waals surface area (Å²) >= 11 is 1.67. The Morgan fingerprint density at radius 3 is 3.15 bits per heavy atom. The number of thiazole rings is 1. The SMILES string of the molecule is CCCc1nc(CNC(=O)CCCn2cccn2)cs1. The number of aryl methyl sites for hydroxylation is 2. The molecule has 0 atom stereocenters. The number of carbonyl (C=O) groups excluding carboxylic acids is 1. The molecule has 0 aliphatic heterocycles. The Kier molecular flexibility index (Phi) is 5.73. The van der Waals surface area contributed by atoms with Gasteiger partial charge in [-0.15, -0.1) is 11.3 Å². The monoisotopic (exact) mass is 292 g/mol. The van der Waals surface area contributed by atoms with Crippen LogP contribution in [-0.4, -0.2) is 20.7 Å². The molecule has 20 heavy (non-hydrogen) atoms. The third kappa shape index (κ3) is 4.77. The van der Waals surface area contributed by atoms with Gasteiger partial charge in [0.2, 0.25) is 5.91 Å². The number of nitrogens with zero attached hydrogens (tertiary/aromatic N) is 3. The van der Waals surface area contributed by atoms with Gasteiger partial charge in [-0.05, 0) is 25.3 Å². The van der Waals surface area contributed by atoms with Crippen molar-refractivity contribution in [3.05, 3.63) is 34.5 Å². The number of hydrogen-bond donors (Lipinski definition) is 1. The van der Waals surface area contributed by atoms with Crippen molar-refractivity contribution in [1.82, 2.24) is 20.1 Å². The zero-order valence-electron chi connectivity index (χ0n) is 11.7. The minimum Gasteiger partial charge on any atom is -0.350 e. The van der Waals surface area contributed by atoms with Gasteiger partial charge in [0.15, 0.2) is 0 Å². The highest BCUT2D eigenvalue weighted by Gasteiger charge is 2.04. The summed E-state index contributed by atoms with van der Waals surface area (Å²) in [5.41, 5.74) is 0.957. The van der Waals surface area contributed by atoms with E-state index in [1.807, 2.05) is 22.3 Å². The van der Waals surface area contributed by atoms with Crippen LogP contribution in [0.15, 0.2) is 23.8 Å². The molecule has 108 valence electrons. The summed E-state index contributed by atoms with van der Waals surface area (Å²) in [5.74, 6) is 0.0715. The fraction of sp³-hybridized carbons (Fsp3) is 0.500. The predicted molar refractivity (Wildman–Crippen MR) is 79.4 cm³/mol. The van der Waals surface area contributed by atoms with Gasteiger partial charge < -0.3 is 5.32 Å². The summed E-state index contributed by atoms with van der Waals surface area (Å²) in [6, 6.07) is 1.89. The first-order chi connectivity index (χ1) is 9.78. The topological polar surface area (TPSA) is 59.8 Å². The van der Waals surface area contributed by atoms with Crippen LogP contribution in [0.3, 0.4) is 0 Å². The molecule has 2 rings (SSSR count). The van der Waals surface area contributed by atoms with Crippen molar-refractivity contribution >= 4 is 17.2 Å². The van der Waals surface area contributed by atoms with Crippen LogP contribution in [0.2, 0.25) is 0 Å². The number of nitrogens with one attached hydrogen (secondary N) is 1. The van der Waals surface area contributed by atoms with Gasteiger partial charge in [0.1, 0.15) is 0 Å². The summed E-state index contributed by atoms with van der Waals surface area (Å²) in [6.07, 6.45) is 7.09. The van der Waals surface area contributed by atoms with Gasteiger partial charge in [-0.3, -0.25) is 9.48 Å². The van der Waals surface area contributed by atoms with Gasteiger partial charge >= 0.3 is 0 Å². The zero-order chi connectivity index (χ0) is 14.2. The molecule has 0 spiro atoms. The van der Waals surface area contributed by atoms with Gasteiger partial charge in [0, 0.05) is 30.7 Å². The molecule has 2 heterocycles. The molecule has 0 saturated heterocycles. The second kappa shape index (κ2) is 7.79. The Labute approximate surface area is 123 Å². The molecule has 0 aliphatic carbocycles. The lowest BCUT2D eigenvalue weighted by atomic mass is 10.3. The van der Waals surface area contributed by atoms with Crippen LogP contribution in [0.5, 0.6) is 0 Å². The fourth-order valence-electron chi connectivity index (χ4n) is 1.87. The molecule has 0 fully saturated rings. The predicted octanol–water partition coefficient (Wildman–Crippen LogP) is 2.39. The van der Waals surface area contributed by atoms with Gasteiger partial charge in [-0.2, -0.15) is 5.10 Å². The van der Waals surface area contributed by atoms with Crippen LogP contribution >= 0.6 is 11.3 Å². The van der Waals surface area contributed by atoms with E-state index < -0.39 is 0 Å². The smallest absolute Gasteiger partial charge is 0.220 e. The van der Waals surface area contributed by atoms with Crippen molar-refractivity contribution in [3.63, 3.8) is 0 Å². The maximum Gasteiger partial charge on any atom is 0.220 e. The maximum atomic E-state index is 11.7. The zero-order valence-corrected chi connectivity index (χ0v) is 12.5. The van der Waals surface area contributed by atoms with E-state index in [0.717, 1.165) is 36.5 Å². The third-order valence-electron chi connectivity index (χ3n) is 2.88. The molecule has 0 aliphatic rings. The quantitative estimate of drug-likeness (QED) is 0.812. The number of carbonyl (C=O) groups is 1. The highest BCUT2D eigenvalue weighted by Crippen LogP contribution is 2.11. The molecule has 6 heteroatoms. The third-order valence-corrected chi connectivity index (χ3v) is 3.84.